The molecule has 1 atom stereocenters. The second-order valence-corrected chi connectivity index (χ2v) is 6.36. The number of anilines is 1. The van der Waals surface area contributed by atoms with Gasteiger partial charge in [-0.25, -0.2) is 0 Å². The van der Waals surface area contributed by atoms with E-state index in [4.69, 9.17) is 0 Å². The molecule has 0 saturated heterocycles. The van der Waals surface area contributed by atoms with E-state index in [9.17, 15) is 0 Å². The summed E-state index contributed by atoms with van der Waals surface area (Å²) in [6, 6.07) is 2.64. The maximum atomic E-state index is 4.26. The molecule has 1 aromatic heterocycles. The summed E-state index contributed by atoms with van der Waals surface area (Å²) >= 11 is 1.89. The Morgan fingerprint density at radius 2 is 2.11 bits per heavy atom. The third-order valence-electron chi connectivity index (χ3n) is 3.19. The van der Waals surface area contributed by atoms with Crippen LogP contribution in [0.3, 0.4) is 0 Å². The van der Waals surface area contributed by atoms with E-state index in [2.05, 4.69) is 55.3 Å². The van der Waals surface area contributed by atoms with Gasteiger partial charge in [-0.15, -0.1) is 0 Å². The van der Waals surface area contributed by atoms with Crippen molar-refractivity contribution in [1.82, 2.24) is 10.3 Å². The van der Waals surface area contributed by atoms with Gasteiger partial charge in [-0.05, 0) is 31.7 Å². The average Bonchev–Trinajstić information content (AvgIpc) is 2.38. The minimum absolute atomic E-state index is 0.529. The lowest BCUT2D eigenvalue weighted by atomic mass is 10.1. The first-order valence-corrected chi connectivity index (χ1v) is 8.31. The number of nitrogens with one attached hydrogen (secondary N) is 1. The summed E-state index contributed by atoms with van der Waals surface area (Å²) in [4.78, 5) is 6.61. The van der Waals surface area contributed by atoms with Crippen molar-refractivity contribution in [2.24, 2.45) is 5.92 Å². The van der Waals surface area contributed by atoms with Gasteiger partial charge < -0.3 is 10.2 Å². The van der Waals surface area contributed by atoms with Crippen LogP contribution in [-0.2, 0) is 6.54 Å². The van der Waals surface area contributed by atoms with Gasteiger partial charge >= 0.3 is 0 Å². The van der Waals surface area contributed by atoms with Gasteiger partial charge in [0.15, 0.2) is 0 Å². The van der Waals surface area contributed by atoms with Crippen LogP contribution in [0.2, 0.25) is 0 Å². The molecule has 0 amide bonds. The molecule has 1 N–H and O–H groups in total. The van der Waals surface area contributed by atoms with Crippen LogP contribution in [0, 0.1) is 5.92 Å². The molecule has 1 heterocycles. The molecule has 0 radical (unpaired) electrons. The van der Waals surface area contributed by atoms with Crippen molar-refractivity contribution in [3.8, 4) is 0 Å². The van der Waals surface area contributed by atoms with Crippen molar-refractivity contribution in [2.45, 2.75) is 33.4 Å². The second kappa shape index (κ2) is 8.43. The Hall–Kier alpha value is -0.740. The zero-order valence-corrected chi connectivity index (χ0v) is 13.6. The van der Waals surface area contributed by atoms with E-state index < -0.39 is 0 Å². The topological polar surface area (TPSA) is 28.2 Å². The SMILES string of the molecule is CSCC(C)N(C)c1ccncc1CNCC(C)C. The number of nitrogens with zero attached hydrogens (tertiary/aromatic N) is 2. The first kappa shape index (κ1) is 16.3. The van der Waals surface area contributed by atoms with Crippen molar-refractivity contribution in [1.29, 1.82) is 0 Å². The predicted octanol–water partition coefficient (Wildman–Crippen LogP) is 3.01. The number of hydrogen-bond donors (Lipinski definition) is 1. The fourth-order valence-electron chi connectivity index (χ4n) is 1.99. The third kappa shape index (κ3) is 5.41. The number of aromatic nitrogens is 1. The average molecular weight is 281 g/mol. The molecule has 0 fully saturated rings. The molecule has 0 saturated carbocycles. The highest BCUT2D eigenvalue weighted by atomic mass is 32.2. The number of pyridine rings is 1. The van der Waals surface area contributed by atoms with E-state index in [1.54, 1.807) is 0 Å². The van der Waals surface area contributed by atoms with Gasteiger partial charge in [-0.2, -0.15) is 11.8 Å². The number of hydrogen-bond acceptors (Lipinski definition) is 4. The summed E-state index contributed by atoms with van der Waals surface area (Å²) in [5.74, 6) is 1.81. The molecule has 0 bridgehead atoms. The normalized spacial score (nSPS) is 12.7. The van der Waals surface area contributed by atoms with E-state index in [1.165, 1.54) is 11.3 Å². The van der Waals surface area contributed by atoms with E-state index in [0.717, 1.165) is 18.8 Å². The molecule has 108 valence electrons. The molecular formula is C15H27N3S. The first-order valence-electron chi connectivity index (χ1n) is 6.91. The van der Waals surface area contributed by atoms with Gasteiger partial charge in [-0.1, -0.05) is 13.8 Å². The number of rotatable bonds is 8. The molecule has 4 heteroatoms. The molecular weight excluding hydrogens is 254 g/mol. The maximum absolute atomic E-state index is 4.26. The molecule has 0 aliphatic carbocycles. The van der Waals surface area contributed by atoms with Crippen LogP contribution in [0.4, 0.5) is 5.69 Å². The molecule has 0 spiro atoms. The van der Waals surface area contributed by atoms with Crippen LogP contribution in [0.5, 0.6) is 0 Å². The predicted molar refractivity (Wildman–Crippen MR) is 87.0 cm³/mol. The summed E-state index contributed by atoms with van der Waals surface area (Å²) in [5, 5.41) is 3.50. The van der Waals surface area contributed by atoms with E-state index in [1.807, 2.05) is 24.2 Å². The van der Waals surface area contributed by atoms with Crippen LogP contribution >= 0.6 is 11.8 Å². The van der Waals surface area contributed by atoms with Crippen molar-refractivity contribution in [3.05, 3.63) is 24.0 Å². The monoisotopic (exact) mass is 281 g/mol. The van der Waals surface area contributed by atoms with Gasteiger partial charge in [0, 0.05) is 49.0 Å². The Labute approximate surface area is 122 Å². The summed E-state index contributed by atoms with van der Waals surface area (Å²) < 4.78 is 0. The van der Waals surface area contributed by atoms with Gasteiger partial charge in [0.05, 0.1) is 0 Å². The van der Waals surface area contributed by atoms with Gasteiger partial charge in [-0.3, -0.25) is 4.98 Å². The van der Waals surface area contributed by atoms with E-state index in [0.29, 0.717) is 12.0 Å². The number of thioether (sulfide) groups is 1. The summed E-state index contributed by atoms with van der Waals surface area (Å²) in [6.07, 6.45) is 6.01. The molecule has 3 nitrogen and oxygen atoms in total. The lowest BCUT2D eigenvalue weighted by Crippen LogP contribution is -2.32. The molecule has 0 aliphatic heterocycles. The fourth-order valence-corrected chi connectivity index (χ4v) is 2.69. The van der Waals surface area contributed by atoms with Crippen molar-refractivity contribution >= 4 is 17.4 Å². The third-order valence-corrected chi connectivity index (χ3v) is 4.01. The van der Waals surface area contributed by atoms with Gasteiger partial charge in [0.1, 0.15) is 0 Å². The lowest BCUT2D eigenvalue weighted by molar-refractivity contribution is 0.551. The highest BCUT2D eigenvalue weighted by Crippen LogP contribution is 2.21. The van der Waals surface area contributed by atoms with Crippen molar-refractivity contribution < 1.29 is 0 Å². The molecule has 0 aliphatic rings. The van der Waals surface area contributed by atoms with E-state index in [-0.39, 0.29) is 0 Å². The minimum atomic E-state index is 0.529. The molecule has 19 heavy (non-hydrogen) atoms. The Bertz CT molecular complexity index is 368. The van der Waals surface area contributed by atoms with Crippen molar-refractivity contribution in [3.63, 3.8) is 0 Å². The quantitative estimate of drug-likeness (QED) is 0.793. The molecule has 1 unspecified atom stereocenters. The standard InChI is InChI=1S/C15H27N3S/c1-12(2)8-17-10-14-9-16-7-6-15(14)18(4)13(3)11-19-5/h6-7,9,12-13,17H,8,10-11H2,1-5H3. The van der Waals surface area contributed by atoms with E-state index >= 15 is 0 Å². The van der Waals surface area contributed by atoms with Crippen molar-refractivity contribution in [2.75, 3.05) is 30.5 Å². The Balaban J connectivity index is 2.71. The zero-order chi connectivity index (χ0) is 14.3. The van der Waals surface area contributed by atoms with Crippen LogP contribution < -0.4 is 10.2 Å². The smallest absolute Gasteiger partial charge is 0.0442 e. The van der Waals surface area contributed by atoms with Crippen LogP contribution in [0.25, 0.3) is 0 Å². The summed E-state index contributed by atoms with van der Waals surface area (Å²) in [6.45, 7) is 8.64. The fraction of sp³-hybridized carbons (Fsp3) is 0.667. The lowest BCUT2D eigenvalue weighted by Gasteiger charge is -2.28. The summed E-state index contributed by atoms with van der Waals surface area (Å²) in [7, 11) is 2.17. The Morgan fingerprint density at radius 3 is 2.74 bits per heavy atom. The highest BCUT2D eigenvalue weighted by molar-refractivity contribution is 7.98. The highest BCUT2D eigenvalue weighted by Gasteiger charge is 2.13. The summed E-state index contributed by atoms with van der Waals surface area (Å²) in [5.41, 5.74) is 2.56. The Kier molecular flexibility index (Phi) is 7.24. The first-order chi connectivity index (χ1) is 9.06. The zero-order valence-electron chi connectivity index (χ0n) is 12.8. The van der Waals surface area contributed by atoms with Crippen LogP contribution in [0.1, 0.15) is 26.3 Å². The maximum Gasteiger partial charge on any atom is 0.0442 e. The molecule has 0 aromatic carbocycles. The minimum Gasteiger partial charge on any atom is -0.371 e. The Morgan fingerprint density at radius 1 is 1.37 bits per heavy atom. The molecule has 1 aromatic rings. The van der Waals surface area contributed by atoms with Crippen LogP contribution in [-0.4, -0.2) is 36.6 Å². The van der Waals surface area contributed by atoms with Gasteiger partial charge in [0.25, 0.3) is 0 Å². The second-order valence-electron chi connectivity index (χ2n) is 5.44. The van der Waals surface area contributed by atoms with Gasteiger partial charge in [0.2, 0.25) is 0 Å². The van der Waals surface area contributed by atoms with Crippen LogP contribution in [0.15, 0.2) is 18.5 Å². The largest absolute Gasteiger partial charge is 0.371 e. The molecule has 1 rings (SSSR count).